The highest BCUT2D eigenvalue weighted by Crippen LogP contribution is 2.32. The third-order valence-corrected chi connectivity index (χ3v) is 4.54. The summed E-state index contributed by atoms with van der Waals surface area (Å²) in [6.45, 7) is 6.99. The van der Waals surface area contributed by atoms with Gasteiger partial charge in [-0.3, -0.25) is 14.6 Å². The number of hydrogen-bond donors (Lipinski definition) is 0. The van der Waals surface area contributed by atoms with E-state index in [0.717, 1.165) is 0 Å². The minimum atomic E-state index is -0.615. The highest BCUT2D eigenvalue weighted by Gasteiger charge is 2.38. The summed E-state index contributed by atoms with van der Waals surface area (Å²) in [5, 5.41) is 0. The zero-order chi connectivity index (χ0) is 20.6. The number of rotatable bonds is 9. The largest absolute Gasteiger partial charge is 0.502 e. The fourth-order valence-corrected chi connectivity index (χ4v) is 3.20. The topological polar surface area (TPSA) is 68.2 Å². The van der Waals surface area contributed by atoms with E-state index in [4.69, 9.17) is 9.47 Å². The Balaban J connectivity index is 1.87. The van der Waals surface area contributed by atoms with Crippen LogP contribution in [-0.4, -0.2) is 37.8 Å². The highest BCUT2D eigenvalue weighted by molar-refractivity contribution is 6.29. The van der Waals surface area contributed by atoms with Gasteiger partial charge in [0.2, 0.25) is 5.91 Å². The van der Waals surface area contributed by atoms with Gasteiger partial charge in [0.25, 0.3) is 5.91 Å². The van der Waals surface area contributed by atoms with Crippen LogP contribution < -0.4 is 9.64 Å². The quantitative estimate of drug-likeness (QED) is 0.280. The standard InChI is InChI=1S/C23H24N2O4/c1-3-28-15-7-14-24-16-21-19-8-5-6-9-20(19)22(26)25(23(21)27)17-10-12-18(13-11-17)29-4-2/h3,5-6,8-13,16,21H,1,4,7,14-15H2,2H3/t21-/m0/s1. The molecule has 0 aliphatic carbocycles. The second-order valence-electron chi connectivity index (χ2n) is 6.42. The van der Waals surface area contributed by atoms with Crippen LogP contribution in [0.1, 0.15) is 35.2 Å². The molecule has 0 bridgehead atoms. The van der Waals surface area contributed by atoms with E-state index in [1.807, 2.05) is 13.0 Å². The molecule has 0 spiro atoms. The zero-order valence-corrected chi connectivity index (χ0v) is 16.4. The molecule has 0 fully saturated rings. The number of carbonyl (C=O) groups excluding carboxylic acids is 2. The molecule has 1 aliphatic rings. The number of carbonyl (C=O) groups is 2. The molecular formula is C23H24N2O4. The predicted molar refractivity (Wildman–Crippen MR) is 113 cm³/mol. The van der Waals surface area contributed by atoms with Crippen molar-refractivity contribution in [3.8, 4) is 5.75 Å². The fraction of sp³-hybridized carbons (Fsp3) is 0.261. The van der Waals surface area contributed by atoms with E-state index in [1.54, 1.807) is 48.7 Å². The fourth-order valence-electron chi connectivity index (χ4n) is 3.20. The zero-order valence-electron chi connectivity index (χ0n) is 16.4. The van der Waals surface area contributed by atoms with Crippen molar-refractivity contribution in [3.05, 3.63) is 72.5 Å². The van der Waals surface area contributed by atoms with Crippen LogP contribution in [0.25, 0.3) is 0 Å². The maximum atomic E-state index is 13.2. The number of anilines is 1. The Morgan fingerprint density at radius 1 is 1.14 bits per heavy atom. The SMILES string of the molecule is C=COCCCN=C[C@@H]1C(=O)N(c2ccc(OCC)cc2)C(=O)c2ccccc21. The lowest BCUT2D eigenvalue weighted by Crippen LogP contribution is -2.45. The van der Waals surface area contributed by atoms with Crippen molar-refractivity contribution in [1.82, 2.24) is 0 Å². The molecule has 2 amide bonds. The summed E-state index contributed by atoms with van der Waals surface area (Å²) in [5.74, 6) is -0.577. The molecular weight excluding hydrogens is 368 g/mol. The van der Waals surface area contributed by atoms with E-state index in [2.05, 4.69) is 11.6 Å². The molecule has 0 N–H and O–H groups in total. The van der Waals surface area contributed by atoms with Crippen LogP contribution in [0.3, 0.4) is 0 Å². The van der Waals surface area contributed by atoms with E-state index in [9.17, 15) is 9.59 Å². The van der Waals surface area contributed by atoms with Crippen LogP contribution in [0, 0.1) is 0 Å². The van der Waals surface area contributed by atoms with E-state index in [1.165, 1.54) is 11.2 Å². The van der Waals surface area contributed by atoms with Gasteiger partial charge in [0.05, 0.1) is 31.1 Å². The van der Waals surface area contributed by atoms with Crippen LogP contribution in [0.2, 0.25) is 0 Å². The van der Waals surface area contributed by atoms with Crippen molar-refractivity contribution in [2.45, 2.75) is 19.3 Å². The summed E-state index contributed by atoms with van der Waals surface area (Å²) in [7, 11) is 0. The van der Waals surface area contributed by atoms with Crippen LogP contribution in [0.5, 0.6) is 5.75 Å². The smallest absolute Gasteiger partial charge is 0.265 e. The summed E-state index contributed by atoms with van der Waals surface area (Å²) >= 11 is 0. The first-order valence-corrected chi connectivity index (χ1v) is 9.60. The molecule has 29 heavy (non-hydrogen) atoms. The third-order valence-electron chi connectivity index (χ3n) is 4.54. The number of benzene rings is 2. The Kier molecular flexibility index (Phi) is 6.79. The summed E-state index contributed by atoms with van der Waals surface area (Å²) in [5.41, 5.74) is 1.69. The molecule has 1 atom stereocenters. The number of fused-ring (bicyclic) bond motifs is 1. The summed E-state index contributed by atoms with van der Waals surface area (Å²) in [4.78, 5) is 31.9. The highest BCUT2D eigenvalue weighted by atomic mass is 16.5. The molecule has 0 unspecified atom stereocenters. The van der Waals surface area contributed by atoms with Crippen molar-refractivity contribution in [1.29, 1.82) is 0 Å². The number of nitrogens with zero attached hydrogens (tertiary/aromatic N) is 2. The molecule has 0 saturated carbocycles. The van der Waals surface area contributed by atoms with Gasteiger partial charge < -0.3 is 9.47 Å². The van der Waals surface area contributed by atoms with Crippen LogP contribution in [0.15, 0.2) is 66.4 Å². The van der Waals surface area contributed by atoms with Gasteiger partial charge >= 0.3 is 0 Å². The van der Waals surface area contributed by atoms with Crippen LogP contribution >= 0.6 is 0 Å². The first-order chi connectivity index (χ1) is 14.2. The van der Waals surface area contributed by atoms with Gasteiger partial charge in [0.15, 0.2) is 0 Å². The molecule has 150 valence electrons. The van der Waals surface area contributed by atoms with Gasteiger partial charge in [-0.1, -0.05) is 24.8 Å². The Hall–Kier alpha value is -3.41. The van der Waals surface area contributed by atoms with E-state index in [-0.39, 0.29) is 11.8 Å². The lowest BCUT2D eigenvalue weighted by Gasteiger charge is -2.31. The second-order valence-corrected chi connectivity index (χ2v) is 6.42. The molecule has 0 aromatic heterocycles. The lowest BCUT2D eigenvalue weighted by molar-refractivity contribution is -0.118. The minimum absolute atomic E-state index is 0.316. The Morgan fingerprint density at radius 2 is 1.90 bits per heavy atom. The maximum absolute atomic E-state index is 13.2. The van der Waals surface area contributed by atoms with Gasteiger partial charge in [0, 0.05) is 24.7 Å². The summed E-state index contributed by atoms with van der Waals surface area (Å²) in [6, 6.07) is 14.1. The van der Waals surface area contributed by atoms with E-state index >= 15 is 0 Å². The monoisotopic (exact) mass is 392 g/mol. The first-order valence-electron chi connectivity index (χ1n) is 9.60. The molecule has 6 heteroatoms. The minimum Gasteiger partial charge on any atom is -0.502 e. The normalized spacial score (nSPS) is 16.0. The molecule has 2 aromatic rings. The number of aliphatic imine (C=N–C) groups is 1. The molecule has 6 nitrogen and oxygen atoms in total. The van der Waals surface area contributed by atoms with Crippen molar-refractivity contribution in [3.63, 3.8) is 0 Å². The average Bonchev–Trinajstić information content (AvgIpc) is 2.74. The van der Waals surface area contributed by atoms with Gasteiger partial charge in [-0.05, 0) is 42.8 Å². The summed E-state index contributed by atoms with van der Waals surface area (Å²) in [6.07, 6.45) is 3.74. The van der Waals surface area contributed by atoms with Gasteiger partial charge in [-0.2, -0.15) is 0 Å². The molecule has 1 aliphatic heterocycles. The number of hydrogen-bond acceptors (Lipinski definition) is 5. The molecule has 1 heterocycles. The van der Waals surface area contributed by atoms with Crippen molar-refractivity contribution < 1.29 is 19.1 Å². The van der Waals surface area contributed by atoms with Gasteiger partial charge in [-0.25, -0.2) is 4.90 Å². The van der Waals surface area contributed by atoms with Crippen LogP contribution in [0.4, 0.5) is 5.69 Å². The molecule has 0 radical (unpaired) electrons. The Bertz CT molecular complexity index is 905. The van der Waals surface area contributed by atoms with Gasteiger partial charge in [-0.15, -0.1) is 0 Å². The maximum Gasteiger partial charge on any atom is 0.265 e. The predicted octanol–water partition coefficient (Wildman–Crippen LogP) is 3.98. The molecule has 0 saturated heterocycles. The van der Waals surface area contributed by atoms with Crippen molar-refractivity contribution >= 4 is 23.7 Å². The Labute approximate surface area is 170 Å². The van der Waals surface area contributed by atoms with Crippen molar-refractivity contribution in [2.75, 3.05) is 24.7 Å². The second kappa shape index (κ2) is 9.68. The number of imide groups is 1. The summed E-state index contributed by atoms with van der Waals surface area (Å²) < 4.78 is 10.5. The average molecular weight is 392 g/mol. The van der Waals surface area contributed by atoms with E-state index in [0.29, 0.717) is 48.7 Å². The number of ether oxygens (including phenoxy) is 2. The van der Waals surface area contributed by atoms with Crippen LogP contribution in [-0.2, 0) is 9.53 Å². The van der Waals surface area contributed by atoms with E-state index < -0.39 is 5.92 Å². The molecule has 2 aromatic carbocycles. The number of amides is 2. The first kappa shape index (κ1) is 20.3. The third kappa shape index (κ3) is 4.54. The molecule has 3 rings (SSSR count). The van der Waals surface area contributed by atoms with Crippen molar-refractivity contribution in [2.24, 2.45) is 4.99 Å². The van der Waals surface area contributed by atoms with Gasteiger partial charge in [0.1, 0.15) is 5.75 Å². The lowest BCUT2D eigenvalue weighted by atomic mass is 9.89. The Morgan fingerprint density at radius 3 is 2.62 bits per heavy atom.